The van der Waals surface area contributed by atoms with Crippen molar-refractivity contribution in [3.8, 4) is 12.3 Å². The fourth-order valence-corrected chi connectivity index (χ4v) is 1.78. The van der Waals surface area contributed by atoms with Gasteiger partial charge in [0.05, 0.1) is 6.10 Å². The summed E-state index contributed by atoms with van der Waals surface area (Å²) in [6.07, 6.45) is 7.32. The van der Waals surface area contributed by atoms with Gasteiger partial charge in [-0.1, -0.05) is 20.8 Å². The first-order valence-corrected chi connectivity index (χ1v) is 5.37. The van der Waals surface area contributed by atoms with Gasteiger partial charge in [0, 0.05) is 19.6 Å². The van der Waals surface area contributed by atoms with E-state index in [1.807, 2.05) is 0 Å². The van der Waals surface area contributed by atoms with Crippen molar-refractivity contribution in [2.75, 3.05) is 13.7 Å². The zero-order chi connectivity index (χ0) is 11.0. The molecule has 82 valence electrons. The van der Waals surface area contributed by atoms with E-state index in [1.54, 1.807) is 7.11 Å². The minimum atomic E-state index is 0.253. The Balaban J connectivity index is 4.20. The lowest BCUT2D eigenvalue weighted by molar-refractivity contribution is 0.0316. The molecule has 0 aliphatic carbocycles. The molecule has 14 heavy (non-hydrogen) atoms. The molecule has 0 amide bonds. The monoisotopic (exact) mass is 197 g/mol. The van der Waals surface area contributed by atoms with E-state index in [2.05, 4.69) is 32.0 Å². The molecule has 0 saturated heterocycles. The fraction of sp³-hybridized carbons (Fsp3) is 0.833. The largest absolute Gasteiger partial charge is 0.380 e. The molecule has 0 rings (SSSR count). The molecule has 1 N–H and O–H groups in total. The summed E-state index contributed by atoms with van der Waals surface area (Å²) in [5.41, 5.74) is 0. The van der Waals surface area contributed by atoms with Crippen LogP contribution in [0.1, 0.15) is 33.6 Å². The van der Waals surface area contributed by atoms with Crippen molar-refractivity contribution >= 4 is 0 Å². The predicted octanol–water partition coefficient (Wildman–Crippen LogP) is 2.05. The van der Waals surface area contributed by atoms with Crippen LogP contribution in [-0.4, -0.2) is 25.8 Å². The molecule has 0 saturated carbocycles. The lowest BCUT2D eigenvalue weighted by atomic mass is 9.96. The predicted molar refractivity (Wildman–Crippen MR) is 61.2 cm³/mol. The number of hydrogen-bond donors (Lipinski definition) is 1. The lowest BCUT2D eigenvalue weighted by Crippen LogP contribution is -2.43. The summed E-state index contributed by atoms with van der Waals surface area (Å²) >= 11 is 0. The second-order valence-electron chi connectivity index (χ2n) is 3.85. The maximum absolute atomic E-state index is 5.49. The summed E-state index contributed by atoms with van der Waals surface area (Å²) in [5.74, 6) is 3.19. The smallest absolute Gasteiger partial charge is 0.0747 e. The summed E-state index contributed by atoms with van der Waals surface area (Å²) < 4.78 is 5.49. The standard InChI is InChI=1S/C12H23NO/c1-6-8-9-11(13-7-2)12(14-5)10(3)4/h1,10-13H,7-9H2,2-5H3. The van der Waals surface area contributed by atoms with E-state index in [4.69, 9.17) is 11.2 Å². The first-order chi connectivity index (χ1) is 6.67. The molecule has 0 aliphatic rings. The molecule has 0 aromatic carbocycles. The summed E-state index contributed by atoms with van der Waals surface area (Å²) in [6, 6.07) is 0.376. The van der Waals surface area contributed by atoms with Crippen molar-refractivity contribution < 1.29 is 4.74 Å². The molecule has 0 radical (unpaired) electrons. The van der Waals surface area contributed by atoms with Gasteiger partial charge in [0.1, 0.15) is 0 Å². The summed E-state index contributed by atoms with van der Waals surface area (Å²) in [5, 5.41) is 3.43. The molecular weight excluding hydrogens is 174 g/mol. The van der Waals surface area contributed by atoms with Crippen LogP contribution < -0.4 is 5.32 Å². The van der Waals surface area contributed by atoms with Crippen LogP contribution in [0.25, 0.3) is 0 Å². The molecule has 2 heteroatoms. The minimum Gasteiger partial charge on any atom is -0.380 e. The van der Waals surface area contributed by atoms with Crippen LogP contribution in [0, 0.1) is 18.3 Å². The molecule has 0 aromatic heterocycles. The highest BCUT2D eigenvalue weighted by Crippen LogP contribution is 2.14. The Labute approximate surface area is 88.4 Å². The molecule has 2 unspecified atom stereocenters. The number of nitrogens with one attached hydrogen (secondary N) is 1. The molecule has 0 spiro atoms. The van der Waals surface area contributed by atoms with Gasteiger partial charge in [-0.25, -0.2) is 0 Å². The Kier molecular flexibility index (Phi) is 7.55. The van der Waals surface area contributed by atoms with Gasteiger partial charge >= 0.3 is 0 Å². The molecule has 0 bridgehead atoms. The van der Waals surface area contributed by atoms with Crippen LogP contribution >= 0.6 is 0 Å². The van der Waals surface area contributed by atoms with Crippen molar-refractivity contribution in [2.24, 2.45) is 5.92 Å². The van der Waals surface area contributed by atoms with Gasteiger partial charge in [-0.2, -0.15) is 0 Å². The number of rotatable bonds is 7. The van der Waals surface area contributed by atoms with Crippen LogP contribution in [-0.2, 0) is 4.74 Å². The van der Waals surface area contributed by atoms with Gasteiger partial charge in [-0.15, -0.1) is 12.3 Å². The van der Waals surface area contributed by atoms with Gasteiger partial charge < -0.3 is 10.1 Å². The van der Waals surface area contributed by atoms with Gasteiger partial charge in [0.15, 0.2) is 0 Å². The summed E-state index contributed by atoms with van der Waals surface area (Å²) in [4.78, 5) is 0. The average Bonchev–Trinajstić information content (AvgIpc) is 2.14. The first kappa shape index (κ1) is 13.5. The second kappa shape index (κ2) is 7.84. The SMILES string of the molecule is C#CCCC(NCC)C(OC)C(C)C. The third-order valence-corrected chi connectivity index (χ3v) is 2.39. The molecular formula is C12H23NO. The van der Waals surface area contributed by atoms with Crippen molar-refractivity contribution in [3.05, 3.63) is 0 Å². The number of methoxy groups -OCH3 is 1. The van der Waals surface area contributed by atoms with Crippen molar-refractivity contribution in [1.29, 1.82) is 0 Å². The van der Waals surface area contributed by atoms with E-state index in [0.717, 1.165) is 19.4 Å². The quantitative estimate of drug-likeness (QED) is 0.631. The van der Waals surface area contributed by atoms with Crippen molar-refractivity contribution in [1.82, 2.24) is 5.32 Å². The highest BCUT2D eigenvalue weighted by Gasteiger charge is 2.22. The normalized spacial score (nSPS) is 15.1. The summed E-state index contributed by atoms with van der Waals surface area (Å²) in [6.45, 7) is 7.42. The third-order valence-electron chi connectivity index (χ3n) is 2.39. The highest BCUT2D eigenvalue weighted by atomic mass is 16.5. The first-order valence-electron chi connectivity index (χ1n) is 5.37. The van der Waals surface area contributed by atoms with E-state index < -0.39 is 0 Å². The second-order valence-corrected chi connectivity index (χ2v) is 3.85. The number of hydrogen-bond acceptors (Lipinski definition) is 2. The zero-order valence-electron chi connectivity index (χ0n) is 9.84. The molecule has 2 nitrogen and oxygen atoms in total. The van der Waals surface area contributed by atoms with Crippen LogP contribution in [0.3, 0.4) is 0 Å². The Morgan fingerprint density at radius 1 is 1.43 bits per heavy atom. The van der Waals surface area contributed by atoms with Crippen molar-refractivity contribution in [2.45, 2.75) is 45.8 Å². The van der Waals surface area contributed by atoms with Crippen LogP contribution in [0.15, 0.2) is 0 Å². The third kappa shape index (κ3) is 4.64. The fourth-order valence-electron chi connectivity index (χ4n) is 1.78. The Morgan fingerprint density at radius 3 is 2.43 bits per heavy atom. The van der Waals surface area contributed by atoms with E-state index in [0.29, 0.717) is 12.0 Å². The van der Waals surface area contributed by atoms with Gasteiger partial charge in [-0.3, -0.25) is 0 Å². The number of ether oxygens (including phenoxy) is 1. The van der Waals surface area contributed by atoms with E-state index in [1.165, 1.54) is 0 Å². The average molecular weight is 197 g/mol. The molecule has 0 aromatic rings. The van der Waals surface area contributed by atoms with E-state index in [-0.39, 0.29) is 6.10 Å². The molecule has 0 fully saturated rings. The lowest BCUT2D eigenvalue weighted by Gasteiger charge is -2.29. The van der Waals surface area contributed by atoms with Gasteiger partial charge in [0.25, 0.3) is 0 Å². The molecule has 0 aliphatic heterocycles. The maximum Gasteiger partial charge on any atom is 0.0747 e. The van der Waals surface area contributed by atoms with Crippen molar-refractivity contribution in [3.63, 3.8) is 0 Å². The van der Waals surface area contributed by atoms with Crippen LogP contribution in [0.4, 0.5) is 0 Å². The van der Waals surface area contributed by atoms with E-state index in [9.17, 15) is 0 Å². The van der Waals surface area contributed by atoms with E-state index >= 15 is 0 Å². The Bertz CT molecular complexity index is 172. The van der Waals surface area contributed by atoms with Crippen LogP contribution in [0.2, 0.25) is 0 Å². The number of terminal acetylenes is 1. The highest BCUT2D eigenvalue weighted by molar-refractivity contribution is 4.88. The van der Waals surface area contributed by atoms with Crippen LogP contribution in [0.5, 0.6) is 0 Å². The van der Waals surface area contributed by atoms with Gasteiger partial charge in [0.2, 0.25) is 0 Å². The Morgan fingerprint density at radius 2 is 2.07 bits per heavy atom. The Hall–Kier alpha value is -0.520. The number of likely N-dealkylation sites (N-methyl/N-ethyl adjacent to an activating group) is 1. The maximum atomic E-state index is 5.49. The minimum absolute atomic E-state index is 0.253. The topological polar surface area (TPSA) is 21.3 Å². The molecule has 2 atom stereocenters. The molecule has 0 heterocycles. The summed E-state index contributed by atoms with van der Waals surface area (Å²) in [7, 11) is 1.77. The van der Waals surface area contributed by atoms with Gasteiger partial charge in [-0.05, 0) is 18.9 Å². The zero-order valence-corrected chi connectivity index (χ0v) is 9.84.